The number of nitrogens with one attached hydrogen (secondary N) is 1. The minimum atomic E-state index is 0.0740. The quantitative estimate of drug-likeness (QED) is 0.789. The van der Waals surface area contributed by atoms with Crippen molar-refractivity contribution < 1.29 is 9.53 Å². The molecule has 1 fully saturated rings. The minimum absolute atomic E-state index is 0.0740. The van der Waals surface area contributed by atoms with E-state index < -0.39 is 0 Å². The van der Waals surface area contributed by atoms with Gasteiger partial charge in [-0.05, 0) is 13.8 Å². The van der Waals surface area contributed by atoms with Crippen LogP contribution in [0.3, 0.4) is 0 Å². The molecule has 1 saturated heterocycles. The fraction of sp³-hybridized carbons (Fsp3) is 0.692. The summed E-state index contributed by atoms with van der Waals surface area (Å²) in [6, 6.07) is 0.144. The van der Waals surface area contributed by atoms with Crippen molar-refractivity contribution in [3.05, 3.63) is 11.9 Å². The summed E-state index contributed by atoms with van der Waals surface area (Å²) in [6.07, 6.45) is 1.62. The van der Waals surface area contributed by atoms with Gasteiger partial charge in [0.2, 0.25) is 0 Å². The number of piperazine rings is 1. The number of carbonyl (C=O) groups excluding carboxylic acids is 1. The van der Waals surface area contributed by atoms with Gasteiger partial charge in [-0.3, -0.25) is 14.4 Å². The van der Waals surface area contributed by atoms with E-state index in [9.17, 15) is 4.79 Å². The molecule has 6 heteroatoms. The SMILES string of the molecule is COc1cnn(C(C)C)c1C(=O)CN1CCNCC1. The summed E-state index contributed by atoms with van der Waals surface area (Å²) in [4.78, 5) is 14.6. The molecule has 106 valence electrons. The Labute approximate surface area is 113 Å². The first-order chi connectivity index (χ1) is 9.13. The predicted octanol–water partition coefficient (Wildman–Crippen LogP) is 0.561. The van der Waals surface area contributed by atoms with Crippen LogP contribution in [0.2, 0.25) is 0 Å². The molecule has 1 aliphatic rings. The monoisotopic (exact) mass is 266 g/mol. The molecular weight excluding hydrogens is 244 g/mol. The number of carbonyl (C=O) groups is 1. The number of rotatable bonds is 5. The normalized spacial score (nSPS) is 16.8. The van der Waals surface area contributed by atoms with E-state index in [2.05, 4.69) is 15.3 Å². The standard InChI is InChI=1S/C13H22N4O2/c1-10(2)17-13(12(19-3)8-15-17)11(18)9-16-6-4-14-5-7-16/h8,10,14H,4-7,9H2,1-3H3. The molecule has 19 heavy (non-hydrogen) atoms. The number of hydrogen-bond acceptors (Lipinski definition) is 5. The average molecular weight is 266 g/mol. The van der Waals surface area contributed by atoms with Crippen molar-refractivity contribution in [1.29, 1.82) is 0 Å². The van der Waals surface area contributed by atoms with E-state index in [4.69, 9.17) is 4.74 Å². The molecule has 0 aromatic carbocycles. The number of nitrogens with zero attached hydrogens (tertiary/aromatic N) is 3. The third-order valence-electron chi connectivity index (χ3n) is 3.31. The fourth-order valence-corrected chi connectivity index (χ4v) is 2.30. The van der Waals surface area contributed by atoms with Crippen molar-refractivity contribution >= 4 is 5.78 Å². The second kappa shape index (κ2) is 6.16. The topological polar surface area (TPSA) is 59.4 Å². The summed E-state index contributed by atoms with van der Waals surface area (Å²) in [5.74, 6) is 0.638. The number of ether oxygens (including phenoxy) is 1. The number of ketones is 1. The van der Waals surface area contributed by atoms with Crippen LogP contribution in [-0.4, -0.2) is 60.3 Å². The number of Topliss-reactive ketones (excluding diaryl/α,β-unsaturated/α-hetero) is 1. The van der Waals surface area contributed by atoms with Crippen LogP contribution in [0.4, 0.5) is 0 Å². The van der Waals surface area contributed by atoms with Crippen molar-refractivity contribution in [2.75, 3.05) is 39.8 Å². The van der Waals surface area contributed by atoms with Crippen LogP contribution in [0.15, 0.2) is 6.20 Å². The van der Waals surface area contributed by atoms with Crippen LogP contribution < -0.4 is 10.1 Å². The Hall–Kier alpha value is -1.40. The van der Waals surface area contributed by atoms with Crippen LogP contribution in [0.25, 0.3) is 0 Å². The van der Waals surface area contributed by atoms with Gasteiger partial charge in [-0.1, -0.05) is 0 Å². The highest BCUT2D eigenvalue weighted by molar-refractivity contribution is 5.98. The molecule has 6 nitrogen and oxygen atoms in total. The van der Waals surface area contributed by atoms with E-state index >= 15 is 0 Å². The molecule has 2 rings (SSSR count). The lowest BCUT2D eigenvalue weighted by atomic mass is 10.2. The van der Waals surface area contributed by atoms with E-state index in [0.717, 1.165) is 26.2 Å². The molecule has 0 saturated carbocycles. The largest absolute Gasteiger partial charge is 0.493 e. The Bertz CT molecular complexity index is 436. The molecule has 2 heterocycles. The van der Waals surface area contributed by atoms with Crippen LogP contribution in [0.5, 0.6) is 5.75 Å². The van der Waals surface area contributed by atoms with E-state index in [-0.39, 0.29) is 11.8 Å². The predicted molar refractivity (Wildman–Crippen MR) is 72.8 cm³/mol. The summed E-state index contributed by atoms with van der Waals surface area (Å²) in [5, 5.41) is 7.52. The molecule has 0 aliphatic carbocycles. The van der Waals surface area contributed by atoms with Crippen LogP contribution in [0.1, 0.15) is 30.4 Å². The summed E-state index contributed by atoms with van der Waals surface area (Å²) < 4.78 is 6.99. The Balaban J connectivity index is 2.14. The molecule has 0 radical (unpaired) electrons. The number of hydrogen-bond donors (Lipinski definition) is 1. The Morgan fingerprint density at radius 2 is 2.16 bits per heavy atom. The second-order valence-electron chi connectivity index (χ2n) is 5.05. The Morgan fingerprint density at radius 1 is 1.47 bits per heavy atom. The fourth-order valence-electron chi connectivity index (χ4n) is 2.30. The molecule has 0 unspecified atom stereocenters. The highest BCUT2D eigenvalue weighted by Crippen LogP contribution is 2.21. The van der Waals surface area contributed by atoms with Gasteiger partial charge in [0.05, 0.1) is 19.9 Å². The molecular formula is C13H22N4O2. The lowest BCUT2D eigenvalue weighted by molar-refractivity contribution is 0.0905. The zero-order valence-electron chi connectivity index (χ0n) is 11.8. The maximum absolute atomic E-state index is 12.5. The van der Waals surface area contributed by atoms with E-state index in [1.165, 1.54) is 0 Å². The van der Waals surface area contributed by atoms with E-state index in [1.54, 1.807) is 18.0 Å². The molecule has 1 aromatic rings. The zero-order chi connectivity index (χ0) is 13.8. The Morgan fingerprint density at radius 3 is 2.74 bits per heavy atom. The van der Waals surface area contributed by atoms with Gasteiger partial charge in [0.1, 0.15) is 5.69 Å². The third kappa shape index (κ3) is 3.13. The molecule has 1 aromatic heterocycles. The van der Waals surface area contributed by atoms with Gasteiger partial charge in [-0.2, -0.15) is 5.10 Å². The summed E-state index contributed by atoms with van der Waals surface area (Å²) >= 11 is 0. The lowest BCUT2D eigenvalue weighted by Crippen LogP contribution is -2.45. The molecule has 1 aliphatic heterocycles. The van der Waals surface area contributed by atoms with Crippen molar-refractivity contribution in [3.8, 4) is 5.75 Å². The Kier molecular flexibility index (Phi) is 4.55. The third-order valence-corrected chi connectivity index (χ3v) is 3.31. The van der Waals surface area contributed by atoms with Crippen molar-refractivity contribution in [1.82, 2.24) is 20.0 Å². The van der Waals surface area contributed by atoms with Gasteiger partial charge in [0.15, 0.2) is 11.5 Å². The molecule has 0 amide bonds. The summed E-state index contributed by atoms with van der Waals surface area (Å²) in [7, 11) is 1.57. The van der Waals surface area contributed by atoms with Crippen LogP contribution in [-0.2, 0) is 0 Å². The van der Waals surface area contributed by atoms with Gasteiger partial charge in [-0.15, -0.1) is 0 Å². The van der Waals surface area contributed by atoms with Crippen molar-refractivity contribution in [2.24, 2.45) is 0 Å². The maximum atomic E-state index is 12.5. The molecule has 0 bridgehead atoms. The van der Waals surface area contributed by atoms with Gasteiger partial charge in [-0.25, -0.2) is 0 Å². The van der Waals surface area contributed by atoms with Crippen LogP contribution in [0, 0.1) is 0 Å². The highest BCUT2D eigenvalue weighted by atomic mass is 16.5. The van der Waals surface area contributed by atoms with Crippen molar-refractivity contribution in [3.63, 3.8) is 0 Å². The smallest absolute Gasteiger partial charge is 0.198 e. The maximum Gasteiger partial charge on any atom is 0.198 e. The number of aromatic nitrogens is 2. The molecule has 0 atom stereocenters. The first-order valence-electron chi connectivity index (χ1n) is 6.71. The molecule has 0 spiro atoms. The van der Waals surface area contributed by atoms with Gasteiger partial charge in [0, 0.05) is 32.2 Å². The average Bonchev–Trinajstić information content (AvgIpc) is 2.83. The van der Waals surface area contributed by atoms with Gasteiger partial charge >= 0.3 is 0 Å². The highest BCUT2D eigenvalue weighted by Gasteiger charge is 2.23. The molecule has 1 N–H and O–H groups in total. The summed E-state index contributed by atoms with van der Waals surface area (Å²) in [5.41, 5.74) is 0.580. The van der Waals surface area contributed by atoms with Crippen molar-refractivity contribution in [2.45, 2.75) is 19.9 Å². The zero-order valence-corrected chi connectivity index (χ0v) is 11.8. The first-order valence-corrected chi connectivity index (χ1v) is 6.71. The second-order valence-corrected chi connectivity index (χ2v) is 5.05. The minimum Gasteiger partial charge on any atom is -0.493 e. The lowest BCUT2D eigenvalue weighted by Gasteiger charge is -2.26. The van der Waals surface area contributed by atoms with Gasteiger partial charge in [0.25, 0.3) is 0 Å². The number of methoxy groups -OCH3 is 1. The summed E-state index contributed by atoms with van der Waals surface area (Å²) in [6.45, 7) is 8.13. The van der Waals surface area contributed by atoms with Crippen LogP contribution >= 0.6 is 0 Å². The van der Waals surface area contributed by atoms with E-state index in [0.29, 0.717) is 18.0 Å². The first kappa shape index (κ1) is 14.0. The van der Waals surface area contributed by atoms with Gasteiger partial charge < -0.3 is 10.1 Å². The van der Waals surface area contributed by atoms with E-state index in [1.807, 2.05) is 13.8 Å².